The van der Waals surface area contributed by atoms with Gasteiger partial charge in [-0.1, -0.05) is 23.3 Å². The molecule has 5 atom stereocenters. The van der Waals surface area contributed by atoms with Gasteiger partial charge < -0.3 is 10.2 Å². The second kappa shape index (κ2) is 5.61. The van der Waals surface area contributed by atoms with Crippen LogP contribution in [-0.2, 0) is 10.1 Å². The van der Waals surface area contributed by atoms with Crippen LogP contribution >= 0.6 is 0 Å². The summed E-state index contributed by atoms with van der Waals surface area (Å²) in [4.78, 5) is 0. The summed E-state index contributed by atoms with van der Waals surface area (Å²) in [5.74, 6) is -9.77. The quantitative estimate of drug-likeness (QED) is 0.544. The lowest BCUT2D eigenvalue weighted by atomic mass is 9.84. The van der Waals surface area contributed by atoms with E-state index in [2.05, 4.69) is 4.28 Å². The van der Waals surface area contributed by atoms with Crippen LogP contribution in [0.15, 0.2) is 12.2 Å². The van der Waals surface area contributed by atoms with Gasteiger partial charge in [-0.2, -0.15) is 26.0 Å². The number of halogens is 4. The molecule has 4 aliphatic rings. The monoisotopic (exact) mass is 437 g/mol. The van der Waals surface area contributed by atoms with Crippen molar-refractivity contribution in [1.29, 1.82) is 0 Å². The number of nitrogens with zero attached hydrogens (tertiary/aromatic N) is 1. The molecule has 6 nitrogen and oxygen atoms in total. The molecule has 2 N–H and O–H groups in total. The Kier molecular flexibility index (Phi) is 3.69. The average Bonchev–Trinajstić information content (AvgIpc) is 3.45. The highest BCUT2D eigenvalue weighted by Crippen LogP contribution is 2.59. The van der Waals surface area contributed by atoms with Crippen molar-refractivity contribution in [2.75, 3.05) is 0 Å². The van der Waals surface area contributed by atoms with Crippen molar-refractivity contribution in [1.82, 2.24) is 4.73 Å². The first-order valence-corrected chi connectivity index (χ1v) is 10.9. The summed E-state index contributed by atoms with van der Waals surface area (Å²) in [5, 5.41) is 14.9. The second-order valence-electron chi connectivity index (χ2n) is 8.55. The molecule has 0 aliphatic heterocycles. The normalized spacial score (nSPS) is 32.9. The number of aromatic hydroxyl groups is 2. The SMILES string of the molecule is O=S(=O)(On1c(O)c2c(c1O)C1C=CC2C1)C(F)(F)C(F)(F)C1CC2CCC1C2. The minimum Gasteiger partial charge on any atom is -0.492 e. The van der Waals surface area contributed by atoms with Crippen molar-refractivity contribution in [3.63, 3.8) is 0 Å². The topological polar surface area (TPSA) is 88.8 Å². The van der Waals surface area contributed by atoms with Crippen LogP contribution < -0.4 is 4.28 Å². The number of alkyl halides is 4. The summed E-state index contributed by atoms with van der Waals surface area (Å²) in [5.41, 5.74) is 0.321. The smallest absolute Gasteiger partial charge is 0.444 e. The molecule has 2 fully saturated rings. The highest BCUT2D eigenvalue weighted by Gasteiger charge is 2.73. The van der Waals surface area contributed by atoms with Crippen LogP contribution in [0.5, 0.6) is 11.8 Å². The zero-order valence-electron chi connectivity index (χ0n) is 15.1. The van der Waals surface area contributed by atoms with Crippen LogP contribution in [0, 0.1) is 17.8 Å². The van der Waals surface area contributed by atoms with E-state index in [1.807, 2.05) is 0 Å². The fraction of sp³-hybridized carbons (Fsp3) is 0.667. The van der Waals surface area contributed by atoms with Crippen LogP contribution in [-0.4, -0.2) is 34.5 Å². The zero-order valence-corrected chi connectivity index (χ0v) is 15.9. The van der Waals surface area contributed by atoms with Gasteiger partial charge in [0, 0.05) is 28.9 Å². The number of hydrogen-bond donors (Lipinski definition) is 2. The Morgan fingerprint density at radius 3 is 2.03 bits per heavy atom. The third-order valence-electron chi connectivity index (χ3n) is 7.06. The second-order valence-corrected chi connectivity index (χ2v) is 10.1. The Hall–Kier alpha value is -1.91. The molecular weight excluding hydrogens is 418 g/mol. The summed E-state index contributed by atoms with van der Waals surface area (Å²) in [7, 11) is -6.23. The number of allylic oxidation sites excluding steroid dienone is 2. The van der Waals surface area contributed by atoms with E-state index in [-0.39, 0.29) is 40.0 Å². The molecule has 5 rings (SSSR count). The maximum atomic E-state index is 14.7. The number of hydrogen-bond acceptors (Lipinski definition) is 5. The molecule has 0 aromatic carbocycles. The largest absolute Gasteiger partial charge is 0.492 e. The summed E-state index contributed by atoms with van der Waals surface area (Å²) in [6, 6.07) is 0. The van der Waals surface area contributed by atoms with E-state index in [0.29, 0.717) is 25.7 Å². The summed E-state index contributed by atoms with van der Waals surface area (Å²) in [6.07, 6.45) is 5.26. The molecule has 1 aromatic heterocycles. The predicted octanol–water partition coefficient (Wildman–Crippen LogP) is 3.46. The molecule has 11 heteroatoms. The molecule has 5 unspecified atom stereocenters. The van der Waals surface area contributed by atoms with E-state index in [1.54, 1.807) is 12.2 Å². The van der Waals surface area contributed by atoms with Crippen molar-refractivity contribution in [3.05, 3.63) is 23.3 Å². The minimum absolute atomic E-state index is 0.0864. The van der Waals surface area contributed by atoms with Gasteiger partial charge in [0.2, 0.25) is 11.8 Å². The molecule has 29 heavy (non-hydrogen) atoms. The van der Waals surface area contributed by atoms with E-state index in [1.165, 1.54) is 0 Å². The average molecular weight is 437 g/mol. The minimum atomic E-state index is -6.23. The first kappa shape index (κ1) is 19.1. The number of rotatable bonds is 5. The highest BCUT2D eigenvalue weighted by molar-refractivity contribution is 7.88. The van der Waals surface area contributed by atoms with Crippen molar-refractivity contribution in [2.45, 2.75) is 55.1 Å². The van der Waals surface area contributed by atoms with Crippen LogP contribution in [0.4, 0.5) is 17.6 Å². The fourth-order valence-corrected chi connectivity index (χ4v) is 6.62. The molecule has 2 saturated carbocycles. The van der Waals surface area contributed by atoms with Gasteiger partial charge in [-0.15, -0.1) is 0 Å². The van der Waals surface area contributed by atoms with E-state index >= 15 is 0 Å². The van der Waals surface area contributed by atoms with E-state index in [0.717, 1.165) is 0 Å². The van der Waals surface area contributed by atoms with Crippen molar-refractivity contribution >= 4 is 10.1 Å². The summed E-state index contributed by atoms with van der Waals surface area (Å²) >= 11 is 0. The van der Waals surface area contributed by atoms with Crippen molar-refractivity contribution in [2.24, 2.45) is 17.8 Å². The number of aromatic nitrogens is 1. The molecule has 160 valence electrons. The van der Waals surface area contributed by atoms with Gasteiger partial charge in [-0.25, -0.2) is 0 Å². The summed E-state index contributed by atoms with van der Waals surface area (Å²) < 4.78 is 87.2. The summed E-state index contributed by atoms with van der Waals surface area (Å²) in [6.45, 7) is 0. The lowest BCUT2D eigenvalue weighted by Crippen LogP contribution is -2.55. The van der Waals surface area contributed by atoms with E-state index in [4.69, 9.17) is 0 Å². The number of fused-ring (bicyclic) bond motifs is 7. The Morgan fingerprint density at radius 1 is 0.966 bits per heavy atom. The Balaban J connectivity index is 1.47. The first-order valence-electron chi connectivity index (χ1n) is 9.50. The van der Waals surface area contributed by atoms with Gasteiger partial charge >= 0.3 is 21.3 Å². The van der Waals surface area contributed by atoms with Gasteiger partial charge in [0.05, 0.1) is 0 Å². The lowest BCUT2D eigenvalue weighted by Gasteiger charge is -2.34. The van der Waals surface area contributed by atoms with Gasteiger partial charge in [0.25, 0.3) is 0 Å². The predicted molar refractivity (Wildman–Crippen MR) is 91.3 cm³/mol. The molecule has 1 aromatic rings. The standard InChI is InChI=1S/C18H19F4NO5S/c19-17(20,12-6-8-1-2-9(12)5-8)18(21,22)29(26,27)28-23-15(24)13-10-3-4-11(7-10)14(13)16(23)25/h3-4,8-12,24-25H,1-2,5-7H2. The molecule has 1 heterocycles. The maximum absolute atomic E-state index is 14.7. The third kappa shape index (κ3) is 2.30. The van der Waals surface area contributed by atoms with Gasteiger partial charge in [-0.3, -0.25) is 4.28 Å². The van der Waals surface area contributed by atoms with Gasteiger partial charge in [-0.05, 0) is 37.5 Å². The zero-order chi connectivity index (χ0) is 20.9. The molecule has 4 aliphatic carbocycles. The van der Waals surface area contributed by atoms with Crippen molar-refractivity contribution < 1.29 is 40.5 Å². The van der Waals surface area contributed by atoms with E-state index < -0.39 is 44.9 Å². The Morgan fingerprint density at radius 2 is 1.55 bits per heavy atom. The molecule has 4 bridgehead atoms. The van der Waals surface area contributed by atoms with Crippen LogP contribution in [0.3, 0.4) is 0 Å². The Labute approximate surface area is 163 Å². The molecular formula is C18H19F4NO5S. The highest BCUT2D eigenvalue weighted by atomic mass is 32.2. The maximum Gasteiger partial charge on any atom is 0.444 e. The fourth-order valence-electron chi connectivity index (χ4n) is 5.71. The van der Waals surface area contributed by atoms with Crippen LogP contribution in [0.25, 0.3) is 0 Å². The van der Waals surface area contributed by atoms with Gasteiger partial charge in [0.15, 0.2) is 0 Å². The van der Waals surface area contributed by atoms with Gasteiger partial charge in [0.1, 0.15) is 0 Å². The molecule has 0 amide bonds. The van der Waals surface area contributed by atoms with E-state index in [9.17, 15) is 36.2 Å². The molecule has 0 saturated heterocycles. The molecule has 0 radical (unpaired) electrons. The first-order chi connectivity index (χ1) is 13.5. The Bertz CT molecular complexity index is 982. The van der Waals surface area contributed by atoms with Crippen molar-refractivity contribution in [3.8, 4) is 11.8 Å². The lowest BCUT2D eigenvalue weighted by molar-refractivity contribution is -0.203. The molecule has 0 spiro atoms. The third-order valence-corrected chi connectivity index (χ3v) is 8.31. The van der Waals surface area contributed by atoms with Crippen LogP contribution in [0.1, 0.15) is 55.1 Å². The van der Waals surface area contributed by atoms with Crippen LogP contribution in [0.2, 0.25) is 0 Å².